The molecular weight excluding hydrogens is 350 g/mol. The number of para-hydroxylation sites is 1. The quantitative estimate of drug-likeness (QED) is 0.783. The number of allylic oxidation sites excluding steroid dienone is 1. The SMILES string of the molecule is CCC1=C(C(=O)OC)C2(C(=O)N(C(C)=O)c3ccccc32)C(C#N)=C(N)O1. The van der Waals surface area contributed by atoms with E-state index in [4.69, 9.17) is 15.2 Å². The van der Waals surface area contributed by atoms with Crippen molar-refractivity contribution in [3.63, 3.8) is 0 Å². The molecule has 2 N–H and O–H groups in total. The lowest BCUT2D eigenvalue weighted by Gasteiger charge is -2.34. The van der Waals surface area contributed by atoms with Crippen LogP contribution in [0.1, 0.15) is 25.8 Å². The summed E-state index contributed by atoms with van der Waals surface area (Å²) in [6.45, 7) is 2.94. The van der Waals surface area contributed by atoms with Crippen LogP contribution in [0, 0.1) is 11.3 Å². The van der Waals surface area contributed by atoms with Crippen LogP contribution in [-0.4, -0.2) is 24.9 Å². The molecule has 1 aromatic rings. The molecule has 1 aromatic carbocycles. The minimum Gasteiger partial charge on any atom is -0.466 e. The first-order valence-corrected chi connectivity index (χ1v) is 8.20. The average molecular weight is 367 g/mol. The molecular formula is C19H17N3O5. The van der Waals surface area contributed by atoms with Crippen molar-refractivity contribution in [3.05, 3.63) is 52.6 Å². The van der Waals surface area contributed by atoms with Crippen molar-refractivity contribution in [3.8, 4) is 6.07 Å². The van der Waals surface area contributed by atoms with E-state index < -0.39 is 23.2 Å². The maximum atomic E-state index is 13.6. The highest BCUT2D eigenvalue weighted by Gasteiger charge is 2.63. The van der Waals surface area contributed by atoms with Gasteiger partial charge in [-0.3, -0.25) is 9.59 Å². The van der Waals surface area contributed by atoms with E-state index in [0.29, 0.717) is 5.56 Å². The molecule has 8 heteroatoms. The fourth-order valence-corrected chi connectivity index (χ4v) is 3.68. The molecule has 0 aliphatic carbocycles. The van der Waals surface area contributed by atoms with Crippen molar-refractivity contribution in [2.75, 3.05) is 12.0 Å². The Hall–Kier alpha value is -3.60. The average Bonchev–Trinajstić information content (AvgIpc) is 2.90. The summed E-state index contributed by atoms with van der Waals surface area (Å²) in [6.07, 6.45) is 0.223. The maximum absolute atomic E-state index is 13.6. The molecule has 138 valence electrons. The molecule has 8 nitrogen and oxygen atoms in total. The maximum Gasteiger partial charge on any atom is 0.339 e. The van der Waals surface area contributed by atoms with Crippen LogP contribution in [0.5, 0.6) is 0 Å². The third-order valence-electron chi connectivity index (χ3n) is 4.72. The number of imide groups is 1. The number of hydrogen-bond donors (Lipinski definition) is 1. The number of hydrogen-bond acceptors (Lipinski definition) is 7. The Kier molecular flexibility index (Phi) is 4.24. The molecule has 1 unspecified atom stereocenters. The van der Waals surface area contributed by atoms with Gasteiger partial charge in [0.15, 0.2) is 5.41 Å². The fraction of sp³-hybridized carbons (Fsp3) is 0.263. The zero-order valence-electron chi connectivity index (χ0n) is 15.0. The molecule has 0 saturated heterocycles. The molecule has 0 fully saturated rings. The van der Waals surface area contributed by atoms with Gasteiger partial charge < -0.3 is 15.2 Å². The second kappa shape index (κ2) is 6.29. The Morgan fingerprint density at radius 2 is 2.04 bits per heavy atom. The van der Waals surface area contributed by atoms with E-state index in [1.165, 1.54) is 6.92 Å². The van der Waals surface area contributed by atoms with Gasteiger partial charge in [-0.25, -0.2) is 9.69 Å². The van der Waals surface area contributed by atoms with E-state index in [2.05, 4.69) is 0 Å². The van der Waals surface area contributed by atoms with Crippen LogP contribution in [0.25, 0.3) is 0 Å². The van der Waals surface area contributed by atoms with Crippen molar-refractivity contribution in [2.45, 2.75) is 25.7 Å². The van der Waals surface area contributed by atoms with Gasteiger partial charge >= 0.3 is 5.97 Å². The van der Waals surface area contributed by atoms with Gasteiger partial charge in [0.2, 0.25) is 11.8 Å². The van der Waals surface area contributed by atoms with Crippen LogP contribution in [0.2, 0.25) is 0 Å². The topological polar surface area (TPSA) is 123 Å². The van der Waals surface area contributed by atoms with E-state index in [1.54, 1.807) is 31.2 Å². The predicted molar refractivity (Wildman–Crippen MR) is 93.5 cm³/mol. The number of rotatable bonds is 2. The monoisotopic (exact) mass is 367 g/mol. The Morgan fingerprint density at radius 3 is 2.59 bits per heavy atom. The molecule has 27 heavy (non-hydrogen) atoms. The van der Waals surface area contributed by atoms with E-state index in [0.717, 1.165) is 12.0 Å². The fourth-order valence-electron chi connectivity index (χ4n) is 3.68. The van der Waals surface area contributed by atoms with Crippen molar-refractivity contribution in [2.24, 2.45) is 5.73 Å². The van der Waals surface area contributed by atoms with Crippen LogP contribution >= 0.6 is 0 Å². The van der Waals surface area contributed by atoms with Gasteiger partial charge in [-0.15, -0.1) is 0 Å². The molecule has 0 saturated carbocycles. The molecule has 0 bridgehead atoms. The number of esters is 1. The molecule has 2 aliphatic rings. The Morgan fingerprint density at radius 1 is 1.37 bits per heavy atom. The molecule has 2 aliphatic heterocycles. The van der Waals surface area contributed by atoms with Crippen LogP contribution in [0.4, 0.5) is 5.69 Å². The number of anilines is 1. The highest BCUT2D eigenvalue weighted by Crippen LogP contribution is 2.54. The number of amides is 2. The normalized spacial score (nSPS) is 21.1. The van der Waals surface area contributed by atoms with Gasteiger partial charge in [0.05, 0.1) is 12.8 Å². The number of methoxy groups -OCH3 is 1. The van der Waals surface area contributed by atoms with Gasteiger partial charge in [0.25, 0.3) is 5.91 Å². The lowest BCUT2D eigenvalue weighted by Crippen LogP contribution is -2.49. The van der Waals surface area contributed by atoms with Gasteiger partial charge in [-0.05, 0) is 6.07 Å². The summed E-state index contributed by atoms with van der Waals surface area (Å²) in [6, 6.07) is 8.37. The summed E-state index contributed by atoms with van der Waals surface area (Å²) >= 11 is 0. The number of carbonyl (C=O) groups is 3. The summed E-state index contributed by atoms with van der Waals surface area (Å²) in [5, 5.41) is 9.79. The van der Waals surface area contributed by atoms with Gasteiger partial charge in [0.1, 0.15) is 23.0 Å². The number of carbonyl (C=O) groups excluding carboxylic acids is 3. The Bertz CT molecular complexity index is 985. The molecule has 2 heterocycles. The Balaban J connectivity index is 2.52. The summed E-state index contributed by atoms with van der Waals surface area (Å²) in [5.41, 5.74) is 4.26. The van der Waals surface area contributed by atoms with E-state index in [-0.39, 0.29) is 34.9 Å². The summed E-state index contributed by atoms with van der Waals surface area (Å²) in [5.74, 6) is -2.30. The first-order chi connectivity index (χ1) is 12.9. The largest absolute Gasteiger partial charge is 0.466 e. The van der Waals surface area contributed by atoms with E-state index in [1.807, 2.05) is 6.07 Å². The van der Waals surface area contributed by atoms with Gasteiger partial charge in [-0.2, -0.15) is 5.26 Å². The summed E-state index contributed by atoms with van der Waals surface area (Å²) in [7, 11) is 1.16. The predicted octanol–water partition coefficient (Wildman–Crippen LogP) is 1.38. The number of benzene rings is 1. The Labute approximate surface area is 155 Å². The highest BCUT2D eigenvalue weighted by molar-refractivity contribution is 6.27. The lowest BCUT2D eigenvalue weighted by atomic mass is 9.68. The smallest absolute Gasteiger partial charge is 0.339 e. The van der Waals surface area contributed by atoms with Crippen molar-refractivity contribution in [1.29, 1.82) is 5.26 Å². The third kappa shape index (κ3) is 2.18. The first kappa shape index (κ1) is 18.2. The van der Waals surface area contributed by atoms with Gasteiger partial charge in [-0.1, -0.05) is 25.1 Å². The number of ether oxygens (including phenoxy) is 2. The van der Waals surface area contributed by atoms with E-state index in [9.17, 15) is 19.6 Å². The standard InChI is InChI=1S/C19H17N3O5/c1-4-14-15(17(24)26-3)19(12(9-20)16(21)27-14)11-7-5-6-8-13(11)22(10(2)23)18(19)25/h5-8H,4,21H2,1-3H3. The number of nitriles is 1. The van der Waals surface area contributed by atoms with Crippen LogP contribution in [0.15, 0.2) is 47.1 Å². The van der Waals surface area contributed by atoms with Crippen molar-refractivity contribution in [1.82, 2.24) is 0 Å². The lowest BCUT2D eigenvalue weighted by molar-refractivity contribution is -0.139. The molecule has 1 spiro atoms. The zero-order valence-corrected chi connectivity index (χ0v) is 15.0. The van der Waals surface area contributed by atoms with Gasteiger partial charge in [0, 0.05) is 18.9 Å². The molecule has 1 atom stereocenters. The van der Waals surface area contributed by atoms with Crippen molar-refractivity contribution >= 4 is 23.5 Å². The second-order valence-electron chi connectivity index (χ2n) is 6.02. The van der Waals surface area contributed by atoms with Crippen molar-refractivity contribution < 1.29 is 23.9 Å². The highest BCUT2D eigenvalue weighted by atomic mass is 16.5. The van der Waals surface area contributed by atoms with Crippen LogP contribution in [-0.2, 0) is 29.3 Å². The minimum atomic E-state index is -1.89. The third-order valence-corrected chi connectivity index (χ3v) is 4.72. The molecule has 3 rings (SSSR count). The number of nitrogens with zero attached hydrogens (tertiary/aromatic N) is 2. The summed E-state index contributed by atoms with van der Waals surface area (Å²) < 4.78 is 10.4. The first-order valence-electron chi connectivity index (χ1n) is 8.20. The zero-order chi connectivity index (χ0) is 19.9. The molecule has 2 amide bonds. The van der Waals surface area contributed by atoms with Crippen LogP contribution in [0.3, 0.4) is 0 Å². The van der Waals surface area contributed by atoms with Crippen LogP contribution < -0.4 is 10.6 Å². The number of fused-ring (bicyclic) bond motifs is 2. The van der Waals surface area contributed by atoms with E-state index >= 15 is 0 Å². The molecule has 0 radical (unpaired) electrons. The summed E-state index contributed by atoms with van der Waals surface area (Å²) in [4.78, 5) is 39.4. The second-order valence-corrected chi connectivity index (χ2v) is 6.02. The molecule has 0 aromatic heterocycles. The minimum absolute atomic E-state index is 0.118. The number of nitrogens with two attached hydrogens (primary N) is 1.